The van der Waals surface area contributed by atoms with Gasteiger partial charge in [0.05, 0.1) is 39.8 Å². The quantitative estimate of drug-likeness (QED) is 0.155. The molecule has 2 amide bonds. The molecule has 240 valence electrons. The Hall–Kier alpha value is -3.87. The summed E-state index contributed by atoms with van der Waals surface area (Å²) in [5, 5.41) is 22.4. The number of pyridine rings is 1. The lowest BCUT2D eigenvalue weighted by atomic mass is 10.0. The molecule has 1 saturated heterocycles. The van der Waals surface area contributed by atoms with Crippen molar-refractivity contribution in [2.24, 2.45) is 0 Å². The summed E-state index contributed by atoms with van der Waals surface area (Å²) in [5.41, 5.74) is 3.21. The van der Waals surface area contributed by atoms with Crippen molar-refractivity contribution < 1.29 is 19.1 Å². The third-order valence-electron chi connectivity index (χ3n) is 8.33. The SMILES string of the molecule is O=C(Nc1cccc(-c2cccc(NC(=O)c3ncc(CNCCO)cc3F)c2Cl)c1Cl)c1cc2n(n1)CCCC2N1CCCC1. The molecule has 0 radical (unpaired) electrons. The van der Waals surface area contributed by atoms with E-state index in [1.807, 2.05) is 10.7 Å². The maximum absolute atomic E-state index is 14.7. The van der Waals surface area contributed by atoms with Crippen LogP contribution in [-0.4, -0.2) is 62.8 Å². The summed E-state index contributed by atoms with van der Waals surface area (Å²) in [6.07, 6.45) is 5.86. The van der Waals surface area contributed by atoms with E-state index in [-0.39, 0.29) is 40.0 Å². The molecule has 2 aromatic carbocycles. The van der Waals surface area contributed by atoms with Gasteiger partial charge in [0.25, 0.3) is 11.8 Å². The van der Waals surface area contributed by atoms with E-state index in [1.165, 1.54) is 25.1 Å². The summed E-state index contributed by atoms with van der Waals surface area (Å²) in [4.78, 5) is 32.8. The van der Waals surface area contributed by atoms with Crippen molar-refractivity contribution in [2.45, 2.75) is 44.8 Å². The van der Waals surface area contributed by atoms with E-state index >= 15 is 0 Å². The second kappa shape index (κ2) is 14.3. The second-order valence-corrected chi connectivity index (χ2v) is 12.2. The number of nitrogens with one attached hydrogen (secondary N) is 3. The molecular formula is C33H34Cl2FN7O3. The number of hydrogen-bond donors (Lipinski definition) is 4. The Morgan fingerprint density at radius 2 is 1.61 bits per heavy atom. The van der Waals surface area contributed by atoms with Crippen molar-refractivity contribution in [3.63, 3.8) is 0 Å². The lowest BCUT2D eigenvalue weighted by Crippen LogP contribution is -2.30. The molecule has 13 heteroatoms. The Bertz CT molecular complexity index is 1760. The van der Waals surface area contributed by atoms with Crippen molar-refractivity contribution >= 4 is 46.4 Å². The van der Waals surface area contributed by atoms with Gasteiger partial charge in [0.15, 0.2) is 17.2 Å². The van der Waals surface area contributed by atoms with E-state index in [1.54, 1.807) is 36.4 Å². The number of aryl methyl sites for hydroxylation is 1. The number of carbonyl (C=O) groups is 2. The van der Waals surface area contributed by atoms with E-state index in [9.17, 15) is 14.0 Å². The summed E-state index contributed by atoms with van der Waals surface area (Å²) in [6, 6.07) is 13.6. The number of likely N-dealkylation sites (tertiary alicyclic amines) is 1. The predicted octanol–water partition coefficient (Wildman–Crippen LogP) is 5.91. The number of benzene rings is 2. The van der Waals surface area contributed by atoms with Gasteiger partial charge in [0.1, 0.15) is 0 Å². The minimum absolute atomic E-state index is 0.0489. The Balaban J connectivity index is 1.18. The zero-order valence-corrected chi connectivity index (χ0v) is 26.5. The summed E-state index contributed by atoms with van der Waals surface area (Å²) < 4.78 is 16.7. The number of fused-ring (bicyclic) bond motifs is 1. The molecule has 4 aromatic rings. The van der Waals surface area contributed by atoms with Gasteiger partial charge in [-0.2, -0.15) is 5.10 Å². The van der Waals surface area contributed by atoms with E-state index in [4.69, 9.17) is 28.3 Å². The molecule has 2 aliphatic heterocycles. The highest BCUT2D eigenvalue weighted by Crippen LogP contribution is 2.40. The van der Waals surface area contributed by atoms with Crippen LogP contribution in [-0.2, 0) is 13.1 Å². The highest BCUT2D eigenvalue weighted by atomic mass is 35.5. The van der Waals surface area contributed by atoms with Gasteiger partial charge in [0.2, 0.25) is 0 Å². The molecule has 4 heterocycles. The fourth-order valence-electron chi connectivity index (χ4n) is 6.09. The van der Waals surface area contributed by atoms with E-state index in [0.29, 0.717) is 41.2 Å². The van der Waals surface area contributed by atoms with Crippen LogP contribution in [0, 0.1) is 5.82 Å². The summed E-state index contributed by atoms with van der Waals surface area (Å²) in [5.74, 6) is -1.92. The molecule has 46 heavy (non-hydrogen) atoms. The number of aliphatic hydroxyl groups excluding tert-OH is 1. The fourth-order valence-corrected chi connectivity index (χ4v) is 6.64. The van der Waals surface area contributed by atoms with Crippen LogP contribution in [0.25, 0.3) is 11.1 Å². The first-order chi connectivity index (χ1) is 22.3. The van der Waals surface area contributed by atoms with Crippen LogP contribution in [0.15, 0.2) is 54.7 Å². The molecule has 4 N–H and O–H groups in total. The summed E-state index contributed by atoms with van der Waals surface area (Å²) in [6.45, 7) is 3.52. The van der Waals surface area contributed by atoms with Crippen molar-refractivity contribution in [3.8, 4) is 11.1 Å². The molecule has 2 aromatic heterocycles. The van der Waals surface area contributed by atoms with Gasteiger partial charge >= 0.3 is 0 Å². The highest BCUT2D eigenvalue weighted by molar-refractivity contribution is 6.40. The van der Waals surface area contributed by atoms with Gasteiger partial charge in [-0.3, -0.25) is 19.2 Å². The van der Waals surface area contributed by atoms with E-state index in [0.717, 1.165) is 38.2 Å². The van der Waals surface area contributed by atoms with Gasteiger partial charge in [0, 0.05) is 37.0 Å². The first-order valence-corrected chi connectivity index (χ1v) is 16.1. The Kier molecular flexibility index (Phi) is 9.95. The zero-order chi connectivity index (χ0) is 32.2. The molecule has 6 rings (SSSR count). The van der Waals surface area contributed by atoms with Gasteiger partial charge in [-0.05, 0) is 68.6 Å². The lowest BCUT2D eigenvalue weighted by Gasteiger charge is -2.31. The van der Waals surface area contributed by atoms with Crippen LogP contribution < -0.4 is 16.0 Å². The third-order valence-corrected chi connectivity index (χ3v) is 9.14. The average Bonchev–Trinajstić information content (AvgIpc) is 3.74. The van der Waals surface area contributed by atoms with Crippen molar-refractivity contribution in [3.05, 3.63) is 93.2 Å². The van der Waals surface area contributed by atoms with Crippen LogP contribution in [0.3, 0.4) is 0 Å². The second-order valence-electron chi connectivity index (χ2n) is 11.4. The number of aromatic nitrogens is 3. The van der Waals surface area contributed by atoms with E-state index in [2.05, 4.69) is 30.9 Å². The van der Waals surface area contributed by atoms with Crippen LogP contribution in [0.5, 0.6) is 0 Å². The van der Waals surface area contributed by atoms with Crippen molar-refractivity contribution in [1.82, 2.24) is 25.0 Å². The van der Waals surface area contributed by atoms with Crippen LogP contribution >= 0.6 is 23.2 Å². The number of hydrogen-bond acceptors (Lipinski definition) is 7. The molecule has 0 saturated carbocycles. The Labute approximate surface area is 275 Å². The number of anilines is 2. The van der Waals surface area contributed by atoms with E-state index < -0.39 is 11.7 Å². The molecule has 1 atom stereocenters. The predicted molar refractivity (Wildman–Crippen MR) is 176 cm³/mol. The Morgan fingerprint density at radius 1 is 0.935 bits per heavy atom. The molecule has 2 aliphatic rings. The van der Waals surface area contributed by atoms with Crippen LogP contribution in [0.2, 0.25) is 10.0 Å². The monoisotopic (exact) mass is 665 g/mol. The molecular weight excluding hydrogens is 632 g/mol. The molecule has 0 aliphatic carbocycles. The first-order valence-electron chi connectivity index (χ1n) is 15.3. The number of rotatable bonds is 10. The number of carbonyl (C=O) groups excluding carboxylic acids is 2. The number of halogens is 3. The van der Waals surface area contributed by atoms with Crippen LogP contribution in [0.4, 0.5) is 15.8 Å². The standard InChI is InChI=1S/C33H34Cl2FN7O3/c34-29-21(22-7-4-9-25(30(22)35)40-33(46)31-23(36)16-20(19-38-31)18-37-11-15-44)6-3-8-24(29)39-32(45)26-17-28-27(42-12-1-2-13-42)10-5-14-43(28)41-26/h3-4,6-9,16-17,19,27,37,44H,1-2,5,10-15,18H2,(H,39,45)(H,40,46). The molecule has 1 fully saturated rings. The van der Waals surface area contributed by atoms with Crippen molar-refractivity contribution in [2.75, 3.05) is 36.9 Å². The number of nitrogens with zero attached hydrogens (tertiary/aromatic N) is 4. The summed E-state index contributed by atoms with van der Waals surface area (Å²) in [7, 11) is 0. The fraction of sp³-hybridized carbons (Fsp3) is 0.333. The number of aliphatic hydroxyl groups is 1. The molecule has 1 unspecified atom stereocenters. The maximum atomic E-state index is 14.7. The average molecular weight is 667 g/mol. The summed E-state index contributed by atoms with van der Waals surface area (Å²) >= 11 is 13.6. The van der Waals surface area contributed by atoms with Gasteiger partial charge in [-0.25, -0.2) is 9.37 Å². The third kappa shape index (κ3) is 6.79. The lowest BCUT2D eigenvalue weighted by molar-refractivity contribution is 0.101. The van der Waals surface area contributed by atoms with Gasteiger partial charge in [-0.1, -0.05) is 47.5 Å². The van der Waals surface area contributed by atoms with Gasteiger partial charge < -0.3 is 21.1 Å². The van der Waals surface area contributed by atoms with Crippen molar-refractivity contribution in [1.29, 1.82) is 0 Å². The largest absolute Gasteiger partial charge is 0.395 e. The molecule has 0 bridgehead atoms. The minimum atomic E-state index is -0.787. The van der Waals surface area contributed by atoms with Crippen LogP contribution in [0.1, 0.15) is 64.0 Å². The maximum Gasteiger partial charge on any atom is 0.277 e. The normalized spacial score (nSPS) is 16.3. The highest BCUT2D eigenvalue weighted by Gasteiger charge is 2.30. The first kappa shape index (κ1) is 32.1. The Morgan fingerprint density at radius 3 is 2.26 bits per heavy atom. The minimum Gasteiger partial charge on any atom is -0.395 e. The zero-order valence-electron chi connectivity index (χ0n) is 25.0. The molecule has 10 nitrogen and oxygen atoms in total. The van der Waals surface area contributed by atoms with Gasteiger partial charge in [-0.15, -0.1) is 0 Å². The topological polar surface area (TPSA) is 124 Å². The number of amides is 2. The smallest absolute Gasteiger partial charge is 0.277 e. The molecule has 0 spiro atoms.